The molecule has 0 unspecified atom stereocenters. The Kier molecular flexibility index (Phi) is 6.97. The molecule has 184 valence electrons. The smallest absolute Gasteiger partial charge is 0.145 e. The van der Waals surface area contributed by atoms with Gasteiger partial charge in [-0.25, -0.2) is 4.68 Å². The van der Waals surface area contributed by atoms with Crippen LogP contribution in [0.5, 0.6) is 0 Å². The van der Waals surface area contributed by atoms with Crippen molar-refractivity contribution in [2.75, 3.05) is 5.73 Å². The van der Waals surface area contributed by atoms with Crippen molar-refractivity contribution >= 4 is 40.7 Å². The number of nitrogens with zero attached hydrogens (tertiary/aromatic N) is 6. The molecule has 0 spiro atoms. The first kappa shape index (κ1) is 24.9. The molecule has 0 saturated carbocycles. The van der Waals surface area contributed by atoms with E-state index in [1.807, 2.05) is 72.9 Å². The number of rotatable bonds is 6. The maximum atomic E-state index is 10.1. The van der Waals surface area contributed by atoms with E-state index in [1.165, 1.54) is 4.68 Å². The molecule has 2 heterocycles. The third-order valence-corrected chi connectivity index (χ3v) is 6.48. The lowest BCUT2D eigenvalue weighted by atomic mass is 10.0. The number of nitriles is 2. The van der Waals surface area contributed by atoms with E-state index in [1.54, 1.807) is 22.9 Å². The first-order valence-electron chi connectivity index (χ1n) is 11.5. The summed E-state index contributed by atoms with van der Waals surface area (Å²) in [6.07, 6.45) is 3.50. The van der Waals surface area contributed by atoms with Crippen molar-refractivity contribution in [3.05, 3.63) is 117 Å². The molecular formula is C29H19Cl2N7. The van der Waals surface area contributed by atoms with Crippen LogP contribution in [0.4, 0.5) is 5.82 Å². The quantitative estimate of drug-likeness (QED) is 0.246. The zero-order valence-corrected chi connectivity index (χ0v) is 21.4. The van der Waals surface area contributed by atoms with Crippen molar-refractivity contribution in [2.45, 2.75) is 6.54 Å². The molecule has 2 N–H and O–H groups in total. The van der Waals surface area contributed by atoms with Crippen LogP contribution in [0.2, 0.25) is 10.0 Å². The van der Waals surface area contributed by atoms with E-state index in [0.717, 1.165) is 11.1 Å². The number of aromatic nitrogens is 4. The third-order valence-electron chi connectivity index (χ3n) is 5.89. The highest BCUT2D eigenvalue weighted by molar-refractivity contribution is 6.35. The second-order valence-electron chi connectivity index (χ2n) is 8.37. The van der Waals surface area contributed by atoms with Gasteiger partial charge in [-0.3, -0.25) is 4.68 Å². The van der Waals surface area contributed by atoms with Crippen molar-refractivity contribution in [3.63, 3.8) is 0 Å². The van der Waals surface area contributed by atoms with Gasteiger partial charge in [-0.1, -0.05) is 77.8 Å². The fourth-order valence-electron chi connectivity index (χ4n) is 4.07. The Morgan fingerprint density at radius 3 is 2.32 bits per heavy atom. The monoisotopic (exact) mass is 535 g/mol. The van der Waals surface area contributed by atoms with Gasteiger partial charge < -0.3 is 5.73 Å². The average molecular weight is 536 g/mol. The van der Waals surface area contributed by atoms with Gasteiger partial charge in [0.2, 0.25) is 0 Å². The van der Waals surface area contributed by atoms with Crippen molar-refractivity contribution in [3.8, 4) is 29.1 Å². The second-order valence-corrected chi connectivity index (χ2v) is 9.21. The molecule has 0 bridgehead atoms. The van der Waals surface area contributed by atoms with Gasteiger partial charge in [0, 0.05) is 27.4 Å². The highest BCUT2D eigenvalue weighted by Crippen LogP contribution is 2.30. The van der Waals surface area contributed by atoms with Crippen LogP contribution in [0.3, 0.4) is 0 Å². The molecule has 0 radical (unpaired) electrons. The van der Waals surface area contributed by atoms with Crippen molar-refractivity contribution < 1.29 is 0 Å². The van der Waals surface area contributed by atoms with Crippen LogP contribution in [0.25, 0.3) is 28.6 Å². The van der Waals surface area contributed by atoms with Crippen LogP contribution in [0, 0.1) is 22.7 Å². The summed E-state index contributed by atoms with van der Waals surface area (Å²) in [5.41, 5.74) is 10.5. The standard InChI is InChI=1S/C29H19Cl2N7/c30-23-12-11-20(26(31)14-23)17-37-18-22(27(35-37)19-7-3-1-4-8-19)13-21(15-32)28-25(16-33)29(34)38(36-28)24-9-5-2-6-10-24/h1-14,18H,17,34H2/b21-13+. The predicted octanol–water partition coefficient (Wildman–Crippen LogP) is 6.61. The lowest BCUT2D eigenvalue weighted by molar-refractivity contribution is 0.689. The highest BCUT2D eigenvalue weighted by Gasteiger charge is 2.21. The van der Waals surface area contributed by atoms with E-state index in [9.17, 15) is 10.5 Å². The fraction of sp³-hybridized carbons (Fsp3) is 0.0345. The molecule has 0 aliphatic rings. The second kappa shape index (κ2) is 10.7. The minimum absolute atomic E-state index is 0.128. The van der Waals surface area contributed by atoms with Gasteiger partial charge in [0.15, 0.2) is 0 Å². The molecule has 0 saturated heterocycles. The molecule has 7 nitrogen and oxygen atoms in total. The molecule has 5 aromatic rings. The van der Waals surface area contributed by atoms with Crippen LogP contribution in [0.1, 0.15) is 22.4 Å². The summed E-state index contributed by atoms with van der Waals surface area (Å²) in [4.78, 5) is 0. The van der Waals surface area contributed by atoms with E-state index >= 15 is 0 Å². The molecule has 9 heteroatoms. The average Bonchev–Trinajstić information content (AvgIpc) is 3.49. The summed E-state index contributed by atoms with van der Waals surface area (Å²) in [6.45, 7) is 0.393. The topological polar surface area (TPSA) is 109 Å². The first-order valence-corrected chi connectivity index (χ1v) is 12.3. The highest BCUT2D eigenvalue weighted by atomic mass is 35.5. The SMILES string of the molecule is N#C/C(=C\c1cn(Cc2ccc(Cl)cc2Cl)nc1-c1ccccc1)c1nn(-c2ccccc2)c(N)c1C#N. The Morgan fingerprint density at radius 1 is 0.947 bits per heavy atom. The zero-order valence-electron chi connectivity index (χ0n) is 19.9. The zero-order chi connectivity index (χ0) is 26.6. The van der Waals surface area contributed by atoms with Gasteiger partial charge >= 0.3 is 0 Å². The lowest BCUT2D eigenvalue weighted by Crippen LogP contribution is -2.02. The summed E-state index contributed by atoms with van der Waals surface area (Å²) < 4.78 is 3.21. The molecule has 0 amide bonds. The number of nitrogen functional groups attached to an aromatic ring is 1. The largest absolute Gasteiger partial charge is 0.382 e. The molecule has 0 atom stereocenters. The first-order chi connectivity index (χ1) is 18.5. The molecule has 38 heavy (non-hydrogen) atoms. The summed E-state index contributed by atoms with van der Waals surface area (Å²) in [7, 11) is 0. The van der Waals surface area contributed by atoms with Gasteiger partial charge in [-0.15, -0.1) is 0 Å². The van der Waals surface area contributed by atoms with E-state index in [-0.39, 0.29) is 22.6 Å². The van der Waals surface area contributed by atoms with E-state index in [4.69, 9.17) is 34.0 Å². The molecule has 2 aromatic heterocycles. The summed E-state index contributed by atoms with van der Waals surface area (Å²) >= 11 is 12.4. The van der Waals surface area contributed by atoms with Crippen molar-refractivity contribution in [1.82, 2.24) is 19.6 Å². The molecule has 0 aliphatic heterocycles. The maximum absolute atomic E-state index is 10.1. The van der Waals surface area contributed by atoms with Gasteiger partial charge in [0.05, 0.1) is 23.5 Å². The molecule has 3 aromatic carbocycles. The Bertz CT molecular complexity index is 1740. The minimum Gasteiger partial charge on any atom is -0.382 e. The van der Waals surface area contributed by atoms with E-state index < -0.39 is 0 Å². The number of para-hydroxylation sites is 1. The number of hydrogen-bond donors (Lipinski definition) is 1. The number of allylic oxidation sites excluding steroid dienone is 1. The van der Waals surface area contributed by atoms with Crippen LogP contribution < -0.4 is 5.73 Å². The Balaban J connectivity index is 1.63. The van der Waals surface area contributed by atoms with Crippen LogP contribution in [0.15, 0.2) is 85.1 Å². The fourth-order valence-corrected chi connectivity index (χ4v) is 4.54. The van der Waals surface area contributed by atoms with Gasteiger partial charge in [0.25, 0.3) is 0 Å². The Hall–Kier alpha value is -4.82. The number of anilines is 1. The minimum atomic E-state index is 0.128. The predicted molar refractivity (Wildman–Crippen MR) is 149 cm³/mol. The molecule has 0 aliphatic carbocycles. The van der Waals surface area contributed by atoms with E-state index in [2.05, 4.69) is 17.2 Å². The third kappa shape index (κ3) is 4.89. The molecule has 5 rings (SSSR count). The van der Waals surface area contributed by atoms with Crippen molar-refractivity contribution in [2.24, 2.45) is 0 Å². The molecular weight excluding hydrogens is 517 g/mol. The number of halogens is 2. The summed E-state index contributed by atoms with van der Waals surface area (Å²) in [5, 5.41) is 30.4. The molecule has 0 fully saturated rings. The van der Waals surface area contributed by atoms with Gasteiger partial charge in [-0.05, 0) is 35.9 Å². The van der Waals surface area contributed by atoms with Crippen LogP contribution in [-0.4, -0.2) is 19.6 Å². The normalized spacial score (nSPS) is 11.2. The van der Waals surface area contributed by atoms with Gasteiger partial charge in [0.1, 0.15) is 29.2 Å². The number of hydrogen-bond acceptors (Lipinski definition) is 5. The van der Waals surface area contributed by atoms with Crippen molar-refractivity contribution in [1.29, 1.82) is 10.5 Å². The Labute approximate surface area is 229 Å². The van der Waals surface area contributed by atoms with E-state index in [0.29, 0.717) is 33.5 Å². The van der Waals surface area contributed by atoms with Crippen LogP contribution in [-0.2, 0) is 6.54 Å². The maximum Gasteiger partial charge on any atom is 0.145 e. The Morgan fingerprint density at radius 2 is 1.66 bits per heavy atom. The summed E-state index contributed by atoms with van der Waals surface area (Å²) in [6, 6.07) is 28.4. The summed E-state index contributed by atoms with van der Waals surface area (Å²) in [5.74, 6) is 0.159. The number of nitrogens with two attached hydrogens (primary N) is 1. The van der Waals surface area contributed by atoms with Gasteiger partial charge in [-0.2, -0.15) is 20.7 Å². The van der Waals surface area contributed by atoms with Crippen LogP contribution >= 0.6 is 23.2 Å². The number of benzene rings is 3. The lowest BCUT2D eigenvalue weighted by Gasteiger charge is -2.05.